The molecule has 0 saturated heterocycles. The van der Waals surface area contributed by atoms with E-state index in [1.807, 2.05) is 18.2 Å². The second-order valence-corrected chi connectivity index (χ2v) is 14.5. The number of benzene rings is 5. The number of para-hydroxylation sites is 2. The van der Waals surface area contributed by atoms with Crippen molar-refractivity contribution >= 4 is 22.0 Å². The van der Waals surface area contributed by atoms with Crippen LogP contribution in [0.15, 0.2) is 120 Å². The number of nitrogens with zero attached hydrogens (tertiary/aromatic N) is 3. The summed E-state index contributed by atoms with van der Waals surface area (Å²) in [5.74, 6) is 1.75. The molecule has 4 nitrogen and oxygen atoms in total. The maximum absolute atomic E-state index is 7.23. The molecule has 1 radical (unpaired) electrons. The average Bonchev–Trinajstić information content (AvgIpc) is 3.75. The van der Waals surface area contributed by atoms with Crippen molar-refractivity contribution in [1.29, 1.82) is 0 Å². The second-order valence-electron chi connectivity index (χ2n) is 14.5. The molecule has 0 unspecified atom stereocenters. The van der Waals surface area contributed by atoms with Gasteiger partial charge in [-0.05, 0) is 102 Å². The number of hydrogen-bond acceptors (Lipinski definition) is 3. The number of hydrogen-bond donors (Lipinski definition) is 0. The van der Waals surface area contributed by atoms with Crippen LogP contribution >= 0.6 is 0 Å². The molecule has 0 N–H and O–H groups in total. The van der Waals surface area contributed by atoms with Crippen molar-refractivity contribution in [1.82, 2.24) is 14.5 Å². The first-order chi connectivity index (χ1) is 26.8. The van der Waals surface area contributed by atoms with Gasteiger partial charge in [0.2, 0.25) is 0 Å². The van der Waals surface area contributed by atoms with Gasteiger partial charge >= 0.3 is 0 Å². The fourth-order valence-electron chi connectivity index (χ4n) is 7.51. The number of furan rings is 1. The maximum Gasteiger partial charge on any atom is 0.0770 e. The first-order valence-electron chi connectivity index (χ1n) is 19.8. The fourth-order valence-corrected chi connectivity index (χ4v) is 7.51. The summed E-state index contributed by atoms with van der Waals surface area (Å²) in [7, 11) is 0. The van der Waals surface area contributed by atoms with Crippen LogP contribution in [-0.2, 0) is 26.7 Å². The minimum absolute atomic E-state index is 0. The standard InChI is InChI=1S/C37H37N2O.C12H10N.Ir/c1-22(2)28-11-10-12-29(23(3)4)31(28)20-39-34-14-9-8-13-33(34)38-37(39)32-21-40-35-16-15-27(19-30(32)35)36-25(6)17-24(5)18-26(36)7;1-10-7-8-12(13-9-10)11-5-3-2-4-6-11;/h8-19,22-23H,20H2,1-7H3;2-5,7-9H,1H3;/q2*-1;/i;1D3;. The summed E-state index contributed by atoms with van der Waals surface area (Å²) in [6, 6.07) is 40.0. The second kappa shape index (κ2) is 16.5. The van der Waals surface area contributed by atoms with Crippen molar-refractivity contribution in [2.24, 2.45) is 0 Å². The smallest absolute Gasteiger partial charge is 0.0770 e. The van der Waals surface area contributed by atoms with Gasteiger partial charge in [-0.25, -0.2) is 0 Å². The van der Waals surface area contributed by atoms with Crippen molar-refractivity contribution in [2.45, 2.75) is 73.7 Å². The topological polar surface area (TPSA) is 43.9 Å². The third kappa shape index (κ3) is 7.89. The van der Waals surface area contributed by atoms with E-state index in [2.05, 4.69) is 143 Å². The van der Waals surface area contributed by atoms with Crippen LogP contribution in [0, 0.1) is 40.0 Å². The van der Waals surface area contributed by atoms with E-state index < -0.39 is 6.85 Å². The molecule has 275 valence electrons. The van der Waals surface area contributed by atoms with E-state index in [1.54, 1.807) is 18.2 Å². The van der Waals surface area contributed by atoms with Crippen LogP contribution in [0.5, 0.6) is 0 Å². The van der Waals surface area contributed by atoms with E-state index >= 15 is 0 Å². The Bertz CT molecular complexity index is 2590. The SMILES string of the molecule is Cc1cc(C)c(-c2ccc3o[c-]c(-c4nc5ccccc5n4Cc4c(C(C)C)cccc4C(C)C)c3c2)c(C)c1.[2H]C([2H])([2H])c1ccc(-c2[c-]cccc2)nc1.[Ir]. The summed E-state index contributed by atoms with van der Waals surface area (Å²) in [5, 5.41) is 1.04. The van der Waals surface area contributed by atoms with Crippen molar-refractivity contribution < 1.29 is 28.6 Å². The molecule has 3 aromatic heterocycles. The zero-order chi connectivity index (χ0) is 39.7. The van der Waals surface area contributed by atoms with E-state index in [1.165, 1.54) is 50.7 Å². The Labute approximate surface area is 337 Å². The van der Waals surface area contributed by atoms with Gasteiger partial charge in [0.25, 0.3) is 0 Å². The number of imidazole rings is 1. The molecule has 3 heterocycles. The Kier molecular flexibility index (Phi) is 10.6. The number of pyridine rings is 1. The summed E-state index contributed by atoms with van der Waals surface area (Å²) < 4.78 is 30.1. The molecular formula is C49H47IrN3O-2. The van der Waals surface area contributed by atoms with Gasteiger partial charge in [-0.1, -0.05) is 117 Å². The molecule has 54 heavy (non-hydrogen) atoms. The number of aryl methyl sites for hydroxylation is 4. The summed E-state index contributed by atoms with van der Waals surface area (Å²) in [6.07, 6.45) is 4.64. The molecule has 0 aliphatic heterocycles. The molecule has 0 atom stereocenters. The Morgan fingerprint density at radius 2 is 1.50 bits per heavy atom. The molecule has 0 aliphatic carbocycles. The monoisotopic (exact) mass is 889 g/mol. The number of aromatic nitrogens is 3. The minimum atomic E-state index is -2.09. The molecule has 0 saturated carbocycles. The number of rotatable bonds is 7. The van der Waals surface area contributed by atoms with E-state index in [0.29, 0.717) is 11.8 Å². The van der Waals surface area contributed by atoms with Crippen molar-refractivity contribution in [3.63, 3.8) is 0 Å². The molecular weight excluding hydrogens is 839 g/mol. The molecule has 5 heteroatoms. The molecule has 0 bridgehead atoms. The molecule has 8 aromatic rings. The Balaban J connectivity index is 0.000000271. The largest absolute Gasteiger partial charge is 0.557 e. The Hall–Kier alpha value is -5.09. The zero-order valence-corrected chi connectivity index (χ0v) is 34.3. The third-order valence-corrected chi connectivity index (χ3v) is 9.91. The van der Waals surface area contributed by atoms with Gasteiger partial charge in [0.15, 0.2) is 0 Å². The summed E-state index contributed by atoms with van der Waals surface area (Å²) in [5.41, 5.74) is 16.2. The van der Waals surface area contributed by atoms with E-state index in [4.69, 9.17) is 13.5 Å². The first-order valence-corrected chi connectivity index (χ1v) is 18.3. The molecule has 5 aromatic carbocycles. The van der Waals surface area contributed by atoms with Gasteiger partial charge in [-0.15, -0.1) is 35.9 Å². The van der Waals surface area contributed by atoms with E-state index in [9.17, 15) is 0 Å². The van der Waals surface area contributed by atoms with Crippen LogP contribution < -0.4 is 0 Å². The van der Waals surface area contributed by atoms with Gasteiger partial charge in [-0.3, -0.25) is 4.98 Å². The minimum Gasteiger partial charge on any atom is -0.557 e. The molecule has 0 amide bonds. The average molecular weight is 889 g/mol. The first kappa shape index (κ1) is 34.7. The van der Waals surface area contributed by atoms with Crippen LogP contribution in [0.3, 0.4) is 0 Å². The van der Waals surface area contributed by atoms with Gasteiger partial charge < -0.3 is 14.0 Å². The third-order valence-electron chi connectivity index (χ3n) is 9.91. The van der Waals surface area contributed by atoms with E-state index in [-0.39, 0.29) is 25.7 Å². The maximum atomic E-state index is 7.23. The summed E-state index contributed by atoms with van der Waals surface area (Å²) in [4.78, 5) is 9.30. The summed E-state index contributed by atoms with van der Waals surface area (Å²) >= 11 is 0. The van der Waals surface area contributed by atoms with Crippen LogP contribution in [0.4, 0.5) is 0 Å². The van der Waals surface area contributed by atoms with Gasteiger partial charge in [0, 0.05) is 48.8 Å². The Morgan fingerprint density at radius 1 is 0.778 bits per heavy atom. The summed E-state index contributed by atoms with van der Waals surface area (Å²) in [6.45, 7) is 14.3. The molecule has 0 fully saturated rings. The van der Waals surface area contributed by atoms with Crippen LogP contribution in [0.1, 0.15) is 82.6 Å². The van der Waals surface area contributed by atoms with Gasteiger partial charge in [0.1, 0.15) is 0 Å². The normalized spacial score (nSPS) is 12.3. The predicted molar refractivity (Wildman–Crippen MR) is 220 cm³/mol. The number of fused-ring (bicyclic) bond motifs is 2. The van der Waals surface area contributed by atoms with Crippen molar-refractivity contribution in [3.05, 3.63) is 167 Å². The van der Waals surface area contributed by atoms with Crippen LogP contribution in [0.2, 0.25) is 0 Å². The van der Waals surface area contributed by atoms with Crippen LogP contribution in [-0.4, -0.2) is 14.5 Å². The van der Waals surface area contributed by atoms with E-state index in [0.717, 1.165) is 51.2 Å². The van der Waals surface area contributed by atoms with Crippen LogP contribution in [0.25, 0.3) is 55.8 Å². The predicted octanol–water partition coefficient (Wildman–Crippen LogP) is 13.0. The molecule has 8 rings (SSSR count). The quantitative estimate of drug-likeness (QED) is 0.150. The Morgan fingerprint density at radius 3 is 2.15 bits per heavy atom. The molecule has 0 spiro atoms. The van der Waals surface area contributed by atoms with Gasteiger partial charge in [-0.2, -0.15) is 0 Å². The molecule has 0 aliphatic rings. The van der Waals surface area contributed by atoms with Gasteiger partial charge in [0.05, 0.1) is 16.9 Å². The van der Waals surface area contributed by atoms with Crippen molar-refractivity contribution in [3.8, 4) is 33.8 Å². The fraction of sp³-hybridized carbons (Fsp3) is 0.224. The van der Waals surface area contributed by atoms with Crippen molar-refractivity contribution in [2.75, 3.05) is 0 Å². The zero-order valence-electron chi connectivity index (χ0n) is 34.9.